The number of amides is 1. The van der Waals surface area contributed by atoms with E-state index in [0.29, 0.717) is 43.4 Å². The summed E-state index contributed by atoms with van der Waals surface area (Å²) in [4.78, 5) is 30.1. The van der Waals surface area contributed by atoms with E-state index in [9.17, 15) is 14.7 Å². The molecule has 1 amide bonds. The van der Waals surface area contributed by atoms with E-state index in [1.807, 2.05) is 38.1 Å². The number of ether oxygens (including phenoxy) is 2. The molecule has 2 aromatic rings. The number of likely N-dealkylation sites (N-methyl/N-ethyl adjacent to an activating group) is 1. The van der Waals surface area contributed by atoms with Gasteiger partial charge in [-0.2, -0.15) is 0 Å². The number of aliphatic hydroxyl groups excluding tert-OH is 1. The lowest BCUT2D eigenvalue weighted by molar-refractivity contribution is -0.140. The van der Waals surface area contributed by atoms with Gasteiger partial charge in [0.05, 0.1) is 24.8 Å². The molecular weight excluding hydrogens is 432 g/mol. The molecule has 1 aliphatic rings. The highest BCUT2D eigenvalue weighted by Crippen LogP contribution is 2.40. The van der Waals surface area contributed by atoms with Crippen LogP contribution in [0.1, 0.15) is 44.9 Å². The van der Waals surface area contributed by atoms with Crippen LogP contribution in [0, 0.1) is 0 Å². The second-order valence-corrected chi connectivity index (χ2v) is 7.98. The lowest BCUT2D eigenvalue weighted by Crippen LogP contribution is -2.38. The molecule has 34 heavy (non-hydrogen) atoms. The predicted octanol–water partition coefficient (Wildman–Crippen LogP) is 4.25. The van der Waals surface area contributed by atoms with Gasteiger partial charge in [-0.25, -0.2) is 0 Å². The molecule has 0 aliphatic carbocycles. The molecule has 1 unspecified atom stereocenters. The fourth-order valence-corrected chi connectivity index (χ4v) is 4.22. The molecule has 1 saturated heterocycles. The Labute approximate surface area is 201 Å². The molecule has 1 heterocycles. The maximum Gasteiger partial charge on any atom is 0.295 e. The summed E-state index contributed by atoms with van der Waals surface area (Å²) < 4.78 is 11.1. The minimum atomic E-state index is -0.706. The predicted molar refractivity (Wildman–Crippen MR) is 132 cm³/mol. The van der Waals surface area contributed by atoms with E-state index in [1.54, 1.807) is 29.2 Å². The van der Waals surface area contributed by atoms with Gasteiger partial charge in [-0.15, -0.1) is 0 Å². The lowest BCUT2D eigenvalue weighted by atomic mass is 9.95. The first-order valence-corrected chi connectivity index (χ1v) is 11.9. The molecule has 7 nitrogen and oxygen atoms in total. The second-order valence-electron chi connectivity index (χ2n) is 7.98. The number of aliphatic hydroxyl groups is 1. The first-order valence-electron chi connectivity index (χ1n) is 11.9. The SMILES string of the molecule is CCOc1ccc(/C(O)=C2\C(=O)C(=O)N(CCN(CC)CC)C2c2cccc(OCC)c2)cc1. The first-order chi connectivity index (χ1) is 16.4. The number of hydrogen-bond donors (Lipinski definition) is 1. The Balaban J connectivity index is 2.08. The van der Waals surface area contributed by atoms with Gasteiger partial charge in [-0.05, 0) is 68.9 Å². The number of Topliss-reactive ketones (excluding diaryl/α,β-unsaturated/α-hetero) is 1. The van der Waals surface area contributed by atoms with Gasteiger partial charge in [-0.3, -0.25) is 9.59 Å². The Morgan fingerprint density at radius 3 is 2.21 bits per heavy atom. The maximum absolute atomic E-state index is 13.2. The highest BCUT2D eigenvalue weighted by molar-refractivity contribution is 6.46. The summed E-state index contributed by atoms with van der Waals surface area (Å²) in [6.45, 7) is 11.6. The number of carbonyl (C=O) groups is 2. The van der Waals surface area contributed by atoms with Gasteiger partial charge in [0.1, 0.15) is 17.3 Å². The van der Waals surface area contributed by atoms with Gasteiger partial charge >= 0.3 is 0 Å². The first kappa shape index (κ1) is 25.3. The average molecular weight is 467 g/mol. The van der Waals surface area contributed by atoms with Crippen LogP contribution >= 0.6 is 0 Å². The average Bonchev–Trinajstić information content (AvgIpc) is 3.10. The van der Waals surface area contributed by atoms with Gasteiger partial charge in [0.15, 0.2) is 0 Å². The van der Waals surface area contributed by atoms with E-state index in [-0.39, 0.29) is 11.3 Å². The van der Waals surface area contributed by atoms with Crippen LogP contribution in [0.4, 0.5) is 0 Å². The summed E-state index contributed by atoms with van der Waals surface area (Å²) in [5.41, 5.74) is 1.26. The zero-order chi connectivity index (χ0) is 24.7. The van der Waals surface area contributed by atoms with Crippen molar-refractivity contribution in [2.75, 3.05) is 39.4 Å². The minimum Gasteiger partial charge on any atom is -0.507 e. The molecule has 0 aromatic heterocycles. The van der Waals surface area contributed by atoms with Crippen molar-refractivity contribution in [3.05, 3.63) is 65.2 Å². The van der Waals surface area contributed by atoms with Crippen LogP contribution < -0.4 is 9.47 Å². The molecule has 1 N–H and O–H groups in total. The summed E-state index contributed by atoms with van der Waals surface area (Å²) in [5, 5.41) is 11.2. The fraction of sp³-hybridized carbons (Fsp3) is 0.407. The molecule has 0 saturated carbocycles. The smallest absolute Gasteiger partial charge is 0.295 e. The van der Waals surface area contributed by atoms with Crippen molar-refractivity contribution < 1.29 is 24.2 Å². The minimum absolute atomic E-state index is 0.0855. The molecule has 1 aliphatic heterocycles. The molecule has 0 radical (unpaired) electrons. The van der Waals surface area contributed by atoms with E-state index >= 15 is 0 Å². The van der Waals surface area contributed by atoms with Gasteiger partial charge in [-0.1, -0.05) is 26.0 Å². The van der Waals surface area contributed by atoms with Crippen molar-refractivity contribution in [2.45, 2.75) is 33.7 Å². The van der Waals surface area contributed by atoms with E-state index in [1.165, 1.54) is 0 Å². The fourth-order valence-electron chi connectivity index (χ4n) is 4.22. The highest BCUT2D eigenvalue weighted by Gasteiger charge is 2.46. The van der Waals surface area contributed by atoms with Crippen LogP contribution in [0.25, 0.3) is 5.76 Å². The number of nitrogens with zero attached hydrogens (tertiary/aromatic N) is 2. The molecule has 2 aromatic carbocycles. The molecule has 0 bridgehead atoms. The Hall–Kier alpha value is -3.32. The van der Waals surface area contributed by atoms with E-state index in [0.717, 1.165) is 18.7 Å². The quantitative estimate of drug-likeness (QED) is 0.303. The number of benzene rings is 2. The van der Waals surface area contributed by atoms with Crippen molar-refractivity contribution >= 4 is 17.4 Å². The number of likely N-dealkylation sites (tertiary alicyclic amines) is 1. The Bertz CT molecular complexity index is 1030. The summed E-state index contributed by atoms with van der Waals surface area (Å²) in [7, 11) is 0. The maximum atomic E-state index is 13.2. The molecule has 0 spiro atoms. The van der Waals surface area contributed by atoms with E-state index < -0.39 is 17.7 Å². The third-order valence-corrected chi connectivity index (χ3v) is 6.02. The zero-order valence-electron chi connectivity index (χ0n) is 20.4. The van der Waals surface area contributed by atoms with Gasteiger partial charge in [0.2, 0.25) is 0 Å². The molecule has 1 atom stereocenters. The van der Waals surface area contributed by atoms with Gasteiger partial charge in [0.25, 0.3) is 11.7 Å². The monoisotopic (exact) mass is 466 g/mol. The van der Waals surface area contributed by atoms with Crippen molar-refractivity contribution in [2.24, 2.45) is 0 Å². The number of carbonyl (C=O) groups excluding carboxylic acids is 2. The lowest BCUT2D eigenvalue weighted by Gasteiger charge is -2.28. The van der Waals surface area contributed by atoms with Gasteiger partial charge < -0.3 is 24.4 Å². The Morgan fingerprint density at radius 1 is 0.941 bits per heavy atom. The molecule has 7 heteroatoms. The van der Waals surface area contributed by atoms with Crippen molar-refractivity contribution in [1.29, 1.82) is 0 Å². The van der Waals surface area contributed by atoms with Gasteiger partial charge in [0, 0.05) is 18.7 Å². The van der Waals surface area contributed by atoms with Crippen LogP contribution in [0.3, 0.4) is 0 Å². The molecule has 3 rings (SSSR count). The van der Waals surface area contributed by atoms with Crippen LogP contribution in [-0.2, 0) is 9.59 Å². The topological polar surface area (TPSA) is 79.3 Å². The summed E-state index contributed by atoms with van der Waals surface area (Å²) in [5.74, 6) is -0.169. The second kappa shape index (κ2) is 11.7. The molecule has 1 fully saturated rings. The summed E-state index contributed by atoms with van der Waals surface area (Å²) in [6, 6.07) is 13.5. The standard InChI is InChI=1S/C27H34N2O5/c1-5-28(6-2)16-17-29-24(20-10-9-11-22(18-20)34-8-4)23(26(31)27(29)32)25(30)19-12-14-21(15-13-19)33-7-3/h9-15,18,24,30H,5-8,16-17H2,1-4H3/b25-23+. The van der Waals surface area contributed by atoms with Crippen LogP contribution in [0.15, 0.2) is 54.1 Å². The van der Waals surface area contributed by atoms with E-state index in [4.69, 9.17) is 9.47 Å². The van der Waals surface area contributed by atoms with E-state index in [2.05, 4.69) is 18.7 Å². The third-order valence-electron chi connectivity index (χ3n) is 6.02. The molecular formula is C27H34N2O5. The summed E-state index contributed by atoms with van der Waals surface area (Å²) >= 11 is 0. The third kappa shape index (κ3) is 5.42. The zero-order valence-corrected chi connectivity index (χ0v) is 20.4. The van der Waals surface area contributed by atoms with Crippen molar-refractivity contribution in [3.63, 3.8) is 0 Å². The van der Waals surface area contributed by atoms with Crippen molar-refractivity contribution in [3.8, 4) is 11.5 Å². The van der Waals surface area contributed by atoms with Crippen LogP contribution in [0.5, 0.6) is 11.5 Å². The largest absolute Gasteiger partial charge is 0.507 e. The number of rotatable bonds is 11. The van der Waals surface area contributed by atoms with Crippen LogP contribution in [-0.4, -0.2) is 66.0 Å². The van der Waals surface area contributed by atoms with Crippen molar-refractivity contribution in [1.82, 2.24) is 9.80 Å². The Morgan fingerprint density at radius 2 is 1.59 bits per heavy atom. The Kier molecular flexibility index (Phi) is 8.71. The highest BCUT2D eigenvalue weighted by atomic mass is 16.5. The number of ketones is 1. The normalized spacial score (nSPS) is 17.4. The number of hydrogen-bond acceptors (Lipinski definition) is 6. The van der Waals surface area contributed by atoms with Crippen LogP contribution in [0.2, 0.25) is 0 Å². The summed E-state index contributed by atoms with van der Waals surface area (Å²) in [6.07, 6.45) is 0. The molecule has 182 valence electrons.